The number of amides is 4. The standard InChI is InChI=1S/C34H29BrN2O5/c1-21-4-7-24(8-5-21)19-41-29-13-11-28(12-14-29)37-33(39)30(32(38)36-34(37)40)18-26-17-27(35)10-15-31(26)42-20-25-9-6-22(2)23(3)16-25/h4-18H,19-20H2,1-3H3,(H,36,38,40)/b30-18+. The van der Waals surface area contributed by atoms with Crippen molar-refractivity contribution in [3.05, 3.63) is 128 Å². The molecule has 1 heterocycles. The predicted molar refractivity (Wildman–Crippen MR) is 165 cm³/mol. The minimum atomic E-state index is -0.823. The maximum atomic E-state index is 13.5. The lowest BCUT2D eigenvalue weighted by molar-refractivity contribution is -0.122. The summed E-state index contributed by atoms with van der Waals surface area (Å²) >= 11 is 3.45. The number of hydrogen-bond acceptors (Lipinski definition) is 5. The summed E-state index contributed by atoms with van der Waals surface area (Å²) in [7, 11) is 0. The molecule has 212 valence electrons. The van der Waals surface area contributed by atoms with Gasteiger partial charge in [0.25, 0.3) is 11.8 Å². The maximum absolute atomic E-state index is 13.5. The van der Waals surface area contributed by atoms with Gasteiger partial charge < -0.3 is 9.47 Å². The number of hydrogen-bond donors (Lipinski definition) is 1. The number of anilines is 1. The van der Waals surface area contributed by atoms with Crippen LogP contribution in [0.2, 0.25) is 0 Å². The Morgan fingerprint density at radius 3 is 2.17 bits per heavy atom. The first kappa shape index (κ1) is 28.8. The third kappa shape index (κ3) is 6.61. The highest BCUT2D eigenvalue weighted by molar-refractivity contribution is 9.10. The highest BCUT2D eigenvalue weighted by Crippen LogP contribution is 2.29. The Labute approximate surface area is 252 Å². The van der Waals surface area contributed by atoms with Gasteiger partial charge in [0.15, 0.2) is 0 Å². The fourth-order valence-electron chi connectivity index (χ4n) is 4.41. The molecule has 1 aliphatic rings. The van der Waals surface area contributed by atoms with Gasteiger partial charge in [-0.15, -0.1) is 0 Å². The van der Waals surface area contributed by atoms with Crippen LogP contribution in [0.1, 0.15) is 33.4 Å². The first-order valence-electron chi connectivity index (χ1n) is 13.4. The Morgan fingerprint density at radius 2 is 1.45 bits per heavy atom. The fourth-order valence-corrected chi connectivity index (χ4v) is 4.79. The third-order valence-corrected chi connectivity index (χ3v) is 7.45. The van der Waals surface area contributed by atoms with E-state index in [0.29, 0.717) is 36.0 Å². The van der Waals surface area contributed by atoms with Crippen LogP contribution in [0.3, 0.4) is 0 Å². The van der Waals surface area contributed by atoms with Crippen molar-refractivity contribution >= 4 is 45.5 Å². The highest BCUT2D eigenvalue weighted by Gasteiger charge is 2.37. The molecule has 1 N–H and O–H groups in total. The second kappa shape index (κ2) is 12.4. The molecule has 0 bridgehead atoms. The van der Waals surface area contributed by atoms with Gasteiger partial charge in [-0.1, -0.05) is 64.0 Å². The van der Waals surface area contributed by atoms with E-state index in [1.807, 2.05) is 63.2 Å². The van der Waals surface area contributed by atoms with Crippen molar-refractivity contribution in [2.24, 2.45) is 0 Å². The molecule has 4 aromatic carbocycles. The van der Waals surface area contributed by atoms with E-state index in [1.54, 1.807) is 36.4 Å². The van der Waals surface area contributed by atoms with Crippen molar-refractivity contribution in [2.45, 2.75) is 34.0 Å². The summed E-state index contributed by atoms with van der Waals surface area (Å²) in [5, 5.41) is 2.27. The number of aryl methyl sites for hydroxylation is 3. The first-order valence-corrected chi connectivity index (χ1v) is 14.2. The minimum absolute atomic E-state index is 0.191. The van der Waals surface area contributed by atoms with E-state index in [0.717, 1.165) is 26.1 Å². The number of halogens is 1. The van der Waals surface area contributed by atoms with Gasteiger partial charge in [0, 0.05) is 10.0 Å². The molecule has 0 atom stereocenters. The van der Waals surface area contributed by atoms with Crippen molar-refractivity contribution < 1.29 is 23.9 Å². The number of rotatable bonds is 8. The number of barbiturate groups is 1. The smallest absolute Gasteiger partial charge is 0.335 e. The SMILES string of the molecule is Cc1ccc(COc2ccc(N3C(=O)NC(=O)/C(=C\c4cc(Br)ccc4OCc4ccc(C)c(C)c4)C3=O)cc2)cc1. The van der Waals surface area contributed by atoms with Crippen LogP contribution < -0.4 is 19.7 Å². The van der Waals surface area contributed by atoms with Gasteiger partial charge in [0.05, 0.1) is 5.69 Å². The van der Waals surface area contributed by atoms with Crippen LogP contribution in [0, 0.1) is 20.8 Å². The number of ether oxygens (including phenoxy) is 2. The van der Waals surface area contributed by atoms with Gasteiger partial charge in [-0.3, -0.25) is 14.9 Å². The van der Waals surface area contributed by atoms with E-state index in [2.05, 4.69) is 27.3 Å². The maximum Gasteiger partial charge on any atom is 0.335 e. The quantitative estimate of drug-likeness (QED) is 0.165. The summed E-state index contributed by atoms with van der Waals surface area (Å²) < 4.78 is 12.7. The Morgan fingerprint density at radius 1 is 0.762 bits per heavy atom. The summed E-state index contributed by atoms with van der Waals surface area (Å²) in [5.41, 5.74) is 6.17. The average Bonchev–Trinajstić information content (AvgIpc) is 2.97. The zero-order chi connectivity index (χ0) is 29.8. The molecule has 0 saturated carbocycles. The molecule has 0 radical (unpaired) electrons. The number of carbonyl (C=O) groups excluding carboxylic acids is 3. The van der Waals surface area contributed by atoms with Gasteiger partial charge in [-0.05, 0) is 91.6 Å². The summed E-state index contributed by atoms with van der Waals surface area (Å²) in [6.45, 7) is 6.80. The summed E-state index contributed by atoms with van der Waals surface area (Å²) in [5.74, 6) is -0.449. The molecule has 0 aromatic heterocycles. The van der Waals surface area contributed by atoms with Gasteiger partial charge in [-0.25, -0.2) is 9.69 Å². The molecule has 1 saturated heterocycles. The molecule has 4 aromatic rings. The van der Waals surface area contributed by atoms with Gasteiger partial charge >= 0.3 is 6.03 Å². The van der Waals surface area contributed by atoms with Crippen LogP contribution in [-0.2, 0) is 22.8 Å². The lowest BCUT2D eigenvalue weighted by Gasteiger charge is -2.26. The van der Waals surface area contributed by atoms with E-state index in [-0.39, 0.29) is 5.57 Å². The van der Waals surface area contributed by atoms with Gasteiger partial charge in [0.1, 0.15) is 30.3 Å². The van der Waals surface area contributed by atoms with Crippen molar-refractivity contribution in [3.8, 4) is 11.5 Å². The van der Waals surface area contributed by atoms with Crippen LogP contribution in [0.25, 0.3) is 6.08 Å². The molecular formula is C34H29BrN2O5. The molecule has 0 spiro atoms. The summed E-state index contributed by atoms with van der Waals surface area (Å²) in [6.07, 6.45) is 1.44. The molecule has 7 nitrogen and oxygen atoms in total. The highest BCUT2D eigenvalue weighted by atomic mass is 79.9. The predicted octanol–water partition coefficient (Wildman–Crippen LogP) is 7.20. The van der Waals surface area contributed by atoms with Crippen LogP contribution in [0.5, 0.6) is 11.5 Å². The Hall–Kier alpha value is -4.69. The van der Waals surface area contributed by atoms with E-state index >= 15 is 0 Å². The second-order valence-corrected chi connectivity index (χ2v) is 11.0. The molecule has 5 rings (SSSR count). The van der Waals surface area contributed by atoms with Crippen LogP contribution in [0.4, 0.5) is 10.5 Å². The number of urea groups is 1. The lowest BCUT2D eigenvalue weighted by Crippen LogP contribution is -2.54. The normalized spacial score (nSPS) is 14.2. The average molecular weight is 626 g/mol. The zero-order valence-electron chi connectivity index (χ0n) is 23.4. The number of imide groups is 2. The molecule has 0 unspecified atom stereocenters. The first-order chi connectivity index (χ1) is 20.2. The summed E-state index contributed by atoms with van der Waals surface area (Å²) in [6, 6.07) is 25.2. The number of nitrogens with zero attached hydrogens (tertiary/aromatic N) is 1. The number of carbonyl (C=O) groups is 3. The van der Waals surface area contributed by atoms with Crippen molar-refractivity contribution in [1.82, 2.24) is 5.32 Å². The van der Waals surface area contributed by atoms with Crippen molar-refractivity contribution in [2.75, 3.05) is 4.90 Å². The Balaban J connectivity index is 1.35. The molecule has 1 aliphatic heterocycles. The van der Waals surface area contributed by atoms with E-state index < -0.39 is 17.8 Å². The van der Waals surface area contributed by atoms with E-state index in [1.165, 1.54) is 17.2 Å². The monoisotopic (exact) mass is 624 g/mol. The van der Waals surface area contributed by atoms with Gasteiger partial charge in [-0.2, -0.15) is 0 Å². The van der Waals surface area contributed by atoms with E-state index in [9.17, 15) is 14.4 Å². The minimum Gasteiger partial charge on any atom is -0.489 e. The number of benzene rings is 4. The second-order valence-electron chi connectivity index (χ2n) is 10.1. The molecule has 4 amide bonds. The van der Waals surface area contributed by atoms with Crippen LogP contribution >= 0.6 is 15.9 Å². The molecular weight excluding hydrogens is 596 g/mol. The molecule has 1 fully saturated rings. The fraction of sp³-hybridized carbons (Fsp3) is 0.147. The molecule has 42 heavy (non-hydrogen) atoms. The third-order valence-electron chi connectivity index (χ3n) is 6.96. The Bertz CT molecular complexity index is 1690. The molecule has 0 aliphatic carbocycles. The van der Waals surface area contributed by atoms with Gasteiger partial charge in [0.2, 0.25) is 0 Å². The van der Waals surface area contributed by atoms with Crippen molar-refractivity contribution in [1.29, 1.82) is 0 Å². The zero-order valence-corrected chi connectivity index (χ0v) is 25.0. The molecule has 8 heteroatoms. The largest absolute Gasteiger partial charge is 0.489 e. The number of nitrogens with one attached hydrogen (secondary N) is 1. The van der Waals surface area contributed by atoms with E-state index in [4.69, 9.17) is 9.47 Å². The van der Waals surface area contributed by atoms with Crippen molar-refractivity contribution in [3.63, 3.8) is 0 Å². The van der Waals surface area contributed by atoms with Crippen LogP contribution in [0.15, 0.2) is 95.0 Å². The van der Waals surface area contributed by atoms with Crippen LogP contribution in [-0.4, -0.2) is 17.8 Å². The topological polar surface area (TPSA) is 84.9 Å². The lowest BCUT2D eigenvalue weighted by atomic mass is 10.1. The Kier molecular flexibility index (Phi) is 8.54. The summed E-state index contributed by atoms with van der Waals surface area (Å²) in [4.78, 5) is 40.0.